The lowest BCUT2D eigenvalue weighted by atomic mass is 9.83. The van der Waals surface area contributed by atoms with Gasteiger partial charge in [-0.2, -0.15) is 0 Å². The summed E-state index contributed by atoms with van der Waals surface area (Å²) in [6.07, 6.45) is 4.00. The second-order valence-electron chi connectivity index (χ2n) is 8.96. The molecule has 154 valence electrons. The van der Waals surface area contributed by atoms with E-state index >= 15 is 0 Å². The summed E-state index contributed by atoms with van der Waals surface area (Å²) in [6, 6.07) is 0.453. The average molecular weight is 382 g/mol. The second-order valence-corrected chi connectivity index (χ2v) is 8.96. The van der Waals surface area contributed by atoms with Crippen LogP contribution in [-0.2, 0) is 14.3 Å². The molecule has 1 aliphatic carbocycles. The summed E-state index contributed by atoms with van der Waals surface area (Å²) in [7, 11) is 0. The molecule has 3 fully saturated rings. The lowest BCUT2D eigenvalue weighted by molar-refractivity contribution is -0.141. The molecule has 7 heteroatoms. The van der Waals surface area contributed by atoms with Crippen molar-refractivity contribution in [2.24, 2.45) is 5.92 Å². The summed E-state index contributed by atoms with van der Waals surface area (Å²) in [5.74, 6) is 0.459. The first kappa shape index (κ1) is 20.4. The Morgan fingerprint density at radius 3 is 2.22 bits per heavy atom. The Bertz CT molecular complexity index is 520. The molecule has 2 heterocycles. The highest BCUT2D eigenvalue weighted by atomic mass is 16.6. The fourth-order valence-corrected chi connectivity index (χ4v) is 4.36. The third-order valence-electron chi connectivity index (χ3n) is 5.80. The molecule has 2 atom stereocenters. The largest absolute Gasteiger partial charge is 0.444 e. The zero-order chi connectivity index (χ0) is 19.4. The van der Waals surface area contributed by atoms with Crippen LogP contribution in [0.5, 0.6) is 0 Å². The zero-order valence-electron chi connectivity index (χ0n) is 17.1. The Balaban J connectivity index is 1.48. The van der Waals surface area contributed by atoms with Gasteiger partial charge in [0.2, 0.25) is 5.91 Å². The van der Waals surface area contributed by atoms with E-state index in [0.717, 1.165) is 51.9 Å². The summed E-state index contributed by atoms with van der Waals surface area (Å²) in [5, 5.41) is 0. The van der Waals surface area contributed by atoms with E-state index < -0.39 is 5.60 Å². The van der Waals surface area contributed by atoms with Crippen molar-refractivity contribution < 1.29 is 19.1 Å². The molecular weight excluding hydrogens is 346 g/mol. The van der Waals surface area contributed by atoms with Crippen LogP contribution in [0.25, 0.3) is 0 Å². The Hall–Kier alpha value is -1.34. The maximum Gasteiger partial charge on any atom is 0.410 e. The fraction of sp³-hybridized carbons (Fsp3) is 0.900. The molecular formula is C20H35N3O4. The van der Waals surface area contributed by atoms with Crippen molar-refractivity contribution >= 4 is 12.0 Å². The topological polar surface area (TPSA) is 62.3 Å². The minimum atomic E-state index is -0.454. The molecule has 0 aromatic carbocycles. The lowest BCUT2D eigenvalue weighted by Gasteiger charge is -2.43. The van der Waals surface area contributed by atoms with Crippen LogP contribution in [0, 0.1) is 5.92 Å². The predicted molar refractivity (Wildman–Crippen MR) is 103 cm³/mol. The van der Waals surface area contributed by atoms with Crippen LogP contribution in [0.3, 0.4) is 0 Å². The van der Waals surface area contributed by atoms with E-state index in [1.165, 1.54) is 0 Å². The van der Waals surface area contributed by atoms with Gasteiger partial charge in [-0.05, 0) is 40.0 Å². The van der Waals surface area contributed by atoms with Gasteiger partial charge >= 0.3 is 6.09 Å². The Labute approximate surface area is 162 Å². The number of ether oxygens (including phenoxy) is 2. The van der Waals surface area contributed by atoms with Crippen molar-refractivity contribution in [3.63, 3.8) is 0 Å². The van der Waals surface area contributed by atoms with Gasteiger partial charge in [-0.15, -0.1) is 0 Å². The summed E-state index contributed by atoms with van der Waals surface area (Å²) in [6.45, 7) is 11.6. The van der Waals surface area contributed by atoms with Crippen molar-refractivity contribution in [1.29, 1.82) is 0 Å². The maximum atomic E-state index is 12.8. The number of carbonyl (C=O) groups excluding carboxylic acids is 2. The summed E-state index contributed by atoms with van der Waals surface area (Å²) in [5.41, 5.74) is -0.454. The van der Waals surface area contributed by atoms with Gasteiger partial charge in [-0.1, -0.05) is 6.42 Å². The number of rotatable bonds is 2. The summed E-state index contributed by atoms with van der Waals surface area (Å²) >= 11 is 0. The van der Waals surface area contributed by atoms with Gasteiger partial charge < -0.3 is 19.3 Å². The third-order valence-corrected chi connectivity index (χ3v) is 5.80. The highest BCUT2D eigenvalue weighted by molar-refractivity contribution is 5.79. The SMILES string of the molecule is CC(C)(C)OC(=O)N1CCN([C@@H]2CCC[C@@H](C(=O)N3CCOCC3)C2)CC1. The molecule has 2 amide bonds. The van der Waals surface area contributed by atoms with Crippen LogP contribution in [0.4, 0.5) is 4.79 Å². The molecule has 0 unspecified atom stereocenters. The van der Waals surface area contributed by atoms with E-state index in [4.69, 9.17) is 9.47 Å². The monoisotopic (exact) mass is 381 g/mol. The second kappa shape index (κ2) is 8.78. The predicted octanol–water partition coefficient (Wildman–Crippen LogP) is 1.96. The van der Waals surface area contributed by atoms with Gasteiger partial charge in [0.05, 0.1) is 13.2 Å². The molecule has 27 heavy (non-hydrogen) atoms. The van der Waals surface area contributed by atoms with Crippen LogP contribution in [0.15, 0.2) is 0 Å². The standard InChI is InChI=1S/C20H35N3O4/c1-20(2,3)27-19(25)23-9-7-21(8-10-23)17-6-4-5-16(15-17)18(24)22-11-13-26-14-12-22/h16-17H,4-15H2,1-3H3/t16-,17-/m1/s1. The minimum Gasteiger partial charge on any atom is -0.444 e. The smallest absolute Gasteiger partial charge is 0.410 e. The number of nitrogens with zero attached hydrogens (tertiary/aromatic N) is 3. The van der Waals surface area contributed by atoms with Gasteiger partial charge in [0.15, 0.2) is 0 Å². The molecule has 3 aliphatic rings. The van der Waals surface area contributed by atoms with E-state index in [0.29, 0.717) is 38.3 Å². The van der Waals surface area contributed by atoms with Gasteiger partial charge in [0.25, 0.3) is 0 Å². The third kappa shape index (κ3) is 5.57. The van der Waals surface area contributed by atoms with E-state index in [1.54, 1.807) is 4.90 Å². The first-order valence-corrected chi connectivity index (χ1v) is 10.4. The zero-order valence-corrected chi connectivity index (χ0v) is 17.1. The first-order valence-electron chi connectivity index (χ1n) is 10.4. The Morgan fingerprint density at radius 2 is 1.59 bits per heavy atom. The van der Waals surface area contributed by atoms with Crippen LogP contribution in [0.1, 0.15) is 46.5 Å². The first-order chi connectivity index (χ1) is 12.8. The summed E-state index contributed by atoms with van der Waals surface area (Å²) in [4.78, 5) is 31.3. The molecule has 1 saturated carbocycles. The average Bonchev–Trinajstić information content (AvgIpc) is 2.67. The number of morpholine rings is 1. The fourth-order valence-electron chi connectivity index (χ4n) is 4.36. The minimum absolute atomic E-state index is 0.144. The molecule has 0 aromatic heterocycles. The molecule has 7 nitrogen and oxygen atoms in total. The molecule has 3 rings (SSSR count). The van der Waals surface area contributed by atoms with Crippen LogP contribution in [0.2, 0.25) is 0 Å². The number of hydrogen-bond donors (Lipinski definition) is 0. The van der Waals surface area contributed by atoms with Gasteiger partial charge in [-0.3, -0.25) is 9.69 Å². The lowest BCUT2D eigenvalue weighted by Crippen LogP contribution is -2.54. The number of hydrogen-bond acceptors (Lipinski definition) is 5. The normalized spacial score (nSPS) is 28.1. The van der Waals surface area contributed by atoms with E-state index in [1.807, 2.05) is 25.7 Å². The van der Waals surface area contributed by atoms with E-state index in [-0.39, 0.29) is 12.0 Å². The highest BCUT2D eigenvalue weighted by Crippen LogP contribution is 2.30. The molecule has 0 radical (unpaired) electrons. The molecule has 0 spiro atoms. The van der Waals surface area contributed by atoms with E-state index in [9.17, 15) is 9.59 Å². The van der Waals surface area contributed by atoms with Gasteiger partial charge in [0, 0.05) is 51.2 Å². The molecule has 2 saturated heterocycles. The van der Waals surface area contributed by atoms with Crippen LogP contribution in [-0.4, -0.2) is 90.8 Å². The molecule has 0 bridgehead atoms. The van der Waals surface area contributed by atoms with E-state index in [2.05, 4.69) is 4.90 Å². The molecule has 0 aromatic rings. The summed E-state index contributed by atoms with van der Waals surface area (Å²) < 4.78 is 10.9. The maximum absolute atomic E-state index is 12.8. The van der Waals surface area contributed by atoms with Crippen molar-refractivity contribution in [2.75, 3.05) is 52.5 Å². The number of piperazine rings is 1. The van der Waals surface area contributed by atoms with Crippen LogP contribution < -0.4 is 0 Å². The van der Waals surface area contributed by atoms with Crippen molar-refractivity contribution in [3.8, 4) is 0 Å². The van der Waals surface area contributed by atoms with Crippen molar-refractivity contribution in [3.05, 3.63) is 0 Å². The van der Waals surface area contributed by atoms with Gasteiger partial charge in [0.1, 0.15) is 5.60 Å². The molecule has 2 aliphatic heterocycles. The van der Waals surface area contributed by atoms with Crippen LogP contribution >= 0.6 is 0 Å². The Kier molecular flexibility index (Phi) is 6.63. The number of amides is 2. The highest BCUT2D eigenvalue weighted by Gasteiger charge is 2.35. The molecule has 0 N–H and O–H groups in total. The number of carbonyl (C=O) groups is 2. The quantitative estimate of drug-likeness (QED) is 0.732. The van der Waals surface area contributed by atoms with Crippen molar-refractivity contribution in [2.45, 2.75) is 58.1 Å². The van der Waals surface area contributed by atoms with Gasteiger partial charge in [-0.25, -0.2) is 4.79 Å². The van der Waals surface area contributed by atoms with Crippen molar-refractivity contribution in [1.82, 2.24) is 14.7 Å². The Morgan fingerprint density at radius 1 is 0.926 bits per heavy atom.